The van der Waals surface area contributed by atoms with Crippen LogP contribution in [0, 0.1) is 16.7 Å². The van der Waals surface area contributed by atoms with Crippen molar-refractivity contribution < 1.29 is 33.5 Å². The van der Waals surface area contributed by atoms with Gasteiger partial charge in [0.15, 0.2) is 11.9 Å². The Morgan fingerprint density at radius 1 is 0.756 bits per heavy atom. The highest BCUT2D eigenvalue weighted by Gasteiger charge is 2.31. The van der Waals surface area contributed by atoms with Crippen molar-refractivity contribution in [2.45, 2.75) is 90.4 Å². The van der Waals surface area contributed by atoms with Crippen molar-refractivity contribution in [3.05, 3.63) is 0 Å². The fraction of sp³-hybridized carbons (Fsp3) is 0.704. The summed E-state index contributed by atoms with van der Waals surface area (Å²) in [6.45, 7) is 8.51. The molecule has 0 saturated carbocycles. The highest BCUT2D eigenvalue weighted by molar-refractivity contribution is 5.94. The first kappa shape index (κ1) is 40.4. The maximum absolute atomic E-state index is 13.5. The van der Waals surface area contributed by atoms with Gasteiger partial charge in [-0.15, -0.1) is 0 Å². The largest absolute Gasteiger partial charge is 0.444 e. The number of hydrogen-bond acceptors (Lipinski definition) is 9. The molecule has 0 aromatic carbocycles. The Balaban J connectivity index is 5.81. The van der Waals surface area contributed by atoms with Crippen LogP contribution < -0.4 is 48.7 Å². The highest BCUT2D eigenvalue weighted by atomic mass is 16.6. The predicted octanol–water partition coefficient (Wildman–Crippen LogP) is -2.15. The lowest BCUT2D eigenvalue weighted by Gasteiger charge is -2.27. The van der Waals surface area contributed by atoms with Crippen LogP contribution in [0.3, 0.4) is 0 Å². The van der Waals surface area contributed by atoms with Crippen LogP contribution >= 0.6 is 0 Å². The fourth-order valence-corrected chi connectivity index (χ4v) is 3.80. The SMILES string of the molecule is CC(C)C[C@@H](NC(=O)[C@H](CCCNC(=N)N)NC(=O)OC(C)(C)C)C(=O)N[C@@H](CCCNC(=N)N)C(=O)NCC(=O)NCC=O. The lowest BCUT2D eigenvalue weighted by molar-refractivity contribution is -0.133. The maximum Gasteiger partial charge on any atom is 0.408 e. The van der Waals surface area contributed by atoms with E-state index in [9.17, 15) is 28.8 Å². The third-order valence-electron chi connectivity index (χ3n) is 5.76. The molecule has 0 aromatic heterocycles. The van der Waals surface area contributed by atoms with Crippen molar-refractivity contribution in [3.63, 3.8) is 0 Å². The zero-order chi connectivity index (χ0) is 34.6. The molecule has 13 N–H and O–H groups in total. The molecule has 0 aliphatic heterocycles. The van der Waals surface area contributed by atoms with Crippen LogP contribution in [0.1, 0.15) is 66.7 Å². The summed E-state index contributed by atoms with van der Waals surface area (Å²) >= 11 is 0. The predicted molar refractivity (Wildman–Crippen MR) is 167 cm³/mol. The summed E-state index contributed by atoms with van der Waals surface area (Å²) < 4.78 is 5.29. The second-order valence-corrected chi connectivity index (χ2v) is 11.6. The number of aldehydes is 1. The van der Waals surface area contributed by atoms with E-state index in [-0.39, 0.29) is 56.7 Å². The van der Waals surface area contributed by atoms with Crippen LogP contribution in [0.2, 0.25) is 0 Å². The molecule has 0 bridgehead atoms. The molecule has 0 heterocycles. The van der Waals surface area contributed by atoms with Gasteiger partial charge < -0.3 is 58.2 Å². The third kappa shape index (κ3) is 20.8. The first-order valence-corrected chi connectivity index (χ1v) is 14.7. The minimum absolute atomic E-state index is 0.0633. The van der Waals surface area contributed by atoms with Gasteiger partial charge in [-0.3, -0.25) is 30.0 Å². The number of ether oxygens (including phenoxy) is 1. The Morgan fingerprint density at radius 3 is 1.71 bits per heavy atom. The minimum atomic E-state index is -1.12. The van der Waals surface area contributed by atoms with E-state index in [4.69, 9.17) is 27.0 Å². The molecule has 256 valence electrons. The quantitative estimate of drug-likeness (QED) is 0.0295. The van der Waals surface area contributed by atoms with E-state index in [1.54, 1.807) is 20.8 Å². The van der Waals surface area contributed by atoms with E-state index >= 15 is 0 Å². The Morgan fingerprint density at radius 2 is 1.24 bits per heavy atom. The van der Waals surface area contributed by atoms with Gasteiger partial charge in [0.2, 0.25) is 23.6 Å². The third-order valence-corrected chi connectivity index (χ3v) is 5.76. The highest BCUT2D eigenvalue weighted by Crippen LogP contribution is 2.10. The molecule has 0 spiro atoms. The van der Waals surface area contributed by atoms with E-state index < -0.39 is 60.0 Å². The summed E-state index contributed by atoms with van der Waals surface area (Å²) in [5.41, 5.74) is 9.78. The molecule has 0 rings (SSSR count). The second kappa shape index (κ2) is 21.1. The van der Waals surface area contributed by atoms with Gasteiger partial charge in [0.25, 0.3) is 0 Å². The number of guanidine groups is 2. The molecule has 0 aliphatic rings. The van der Waals surface area contributed by atoms with E-state index in [1.165, 1.54) is 0 Å². The monoisotopic (exact) mass is 641 g/mol. The first-order chi connectivity index (χ1) is 20.9. The van der Waals surface area contributed by atoms with Crippen LogP contribution in [0.4, 0.5) is 4.79 Å². The summed E-state index contributed by atoms with van der Waals surface area (Å²) in [5, 5.41) is 32.3. The molecular formula is C27H51N11O7. The van der Waals surface area contributed by atoms with Crippen molar-refractivity contribution in [3.8, 4) is 0 Å². The van der Waals surface area contributed by atoms with E-state index in [1.807, 2.05) is 13.8 Å². The summed E-state index contributed by atoms with van der Waals surface area (Å²) in [6, 6.07) is -3.32. The van der Waals surface area contributed by atoms with Gasteiger partial charge in [0.1, 0.15) is 30.0 Å². The first-order valence-electron chi connectivity index (χ1n) is 14.7. The zero-order valence-electron chi connectivity index (χ0n) is 26.8. The molecule has 0 radical (unpaired) electrons. The molecule has 0 aromatic rings. The number of carbonyl (C=O) groups is 6. The zero-order valence-corrected chi connectivity index (χ0v) is 26.8. The van der Waals surface area contributed by atoms with Crippen LogP contribution in [0.5, 0.6) is 0 Å². The van der Waals surface area contributed by atoms with Crippen molar-refractivity contribution in [1.82, 2.24) is 37.2 Å². The minimum Gasteiger partial charge on any atom is -0.444 e. The average Bonchev–Trinajstić information content (AvgIpc) is 2.91. The second-order valence-electron chi connectivity index (χ2n) is 11.6. The Hall–Kier alpha value is -4.64. The van der Waals surface area contributed by atoms with Crippen LogP contribution in [-0.2, 0) is 28.7 Å². The summed E-state index contributed by atoms with van der Waals surface area (Å²) in [4.78, 5) is 74.6. The van der Waals surface area contributed by atoms with Gasteiger partial charge in [-0.2, -0.15) is 0 Å². The molecule has 0 fully saturated rings. The topological polar surface area (TPSA) is 296 Å². The fourth-order valence-electron chi connectivity index (χ4n) is 3.80. The normalized spacial score (nSPS) is 12.8. The van der Waals surface area contributed by atoms with Crippen molar-refractivity contribution in [2.24, 2.45) is 17.4 Å². The van der Waals surface area contributed by atoms with Crippen molar-refractivity contribution in [1.29, 1.82) is 10.8 Å². The van der Waals surface area contributed by atoms with Gasteiger partial charge in [0.05, 0.1) is 13.1 Å². The summed E-state index contributed by atoms with van der Waals surface area (Å²) in [6.07, 6.45) is 0.726. The van der Waals surface area contributed by atoms with Crippen LogP contribution in [-0.4, -0.2) is 97.8 Å². The average molecular weight is 642 g/mol. The van der Waals surface area contributed by atoms with Crippen molar-refractivity contribution in [2.75, 3.05) is 26.2 Å². The van der Waals surface area contributed by atoms with Crippen LogP contribution in [0.15, 0.2) is 0 Å². The smallest absolute Gasteiger partial charge is 0.408 e. The number of carbonyl (C=O) groups excluding carboxylic acids is 6. The van der Waals surface area contributed by atoms with E-state index in [2.05, 4.69) is 37.2 Å². The molecule has 18 nitrogen and oxygen atoms in total. The molecule has 18 heteroatoms. The molecule has 0 unspecified atom stereocenters. The molecule has 0 saturated heterocycles. The lowest BCUT2D eigenvalue weighted by Crippen LogP contribution is -2.57. The standard InChI is InChI=1S/C27H51N11O7/c1-16(2)14-19(37-22(42)18(9-7-11-34-25(30)31)38-26(44)45-27(3,4)5)23(43)36-17(8-6-10-33-24(28)29)21(41)35-15-20(40)32-12-13-39/h13,16-19H,6-12,14-15H2,1-5H3,(H,32,40)(H,35,41)(H,36,43)(H,37,42)(H,38,44)(H4,28,29,33)(H4,30,31,34)/t17-,18-,19+/m0/s1. The van der Waals surface area contributed by atoms with Gasteiger partial charge in [-0.05, 0) is 58.8 Å². The number of nitrogens with one attached hydrogen (secondary N) is 9. The van der Waals surface area contributed by atoms with Gasteiger partial charge in [-0.25, -0.2) is 4.79 Å². The Bertz CT molecular complexity index is 1030. The Kier molecular flexibility index (Phi) is 18.9. The number of nitrogens with two attached hydrogens (primary N) is 2. The van der Waals surface area contributed by atoms with Gasteiger partial charge in [-0.1, -0.05) is 13.8 Å². The van der Waals surface area contributed by atoms with Crippen LogP contribution in [0.25, 0.3) is 0 Å². The number of rotatable bonds is 20. The van der Waals surface area contributed by atoms with Crippen molar-refractivity contribution >= 4 is 47.9 Å². The maximum atomic E-state index is 13.5. The molecule has 5 amide bonds. The summed E-state index contributed by atoms with van der Waals surface area (Å²) in [5.74, 6) is -3.19. The molecule has 0 aliphatic carbocycles. The van der Waals surface area contributed by atoms with E-state index in [0.717, 1.165) is 0 Å². The summed E-state index contributed by atoms with van der Waals surface area (Å²) in [7, 11) is 0. The molecule has 45 heavy (non-hydrogen) atoms. The Labute approximate surface area is 263 Å². The molecule has 3 atom stereocenters. The number of alkyl carbamates (subject to hydrolysis) is 1. The lowest BCUT2D eigenvalue weighted by atomic mass is 10.0. The number of hydrogen-bond donors (Lipinski definition) is 11. The number of amides is 5. The van der Waals surface area contributed by atoms with Gasteiger partial charge >= 0.3 is 6.09 Å². The molecular weight excluding hydrogens is 590 g/mol. The van der Waals surface area contributed by atoms with Gasteiger partial charge in [0, 0.05) is 13.1 Å². The van der Waals surface area contributed by atoms with E-state index in [0.29, 0.717) is 19.1 Å².